The molecule has 0 spiro atoms. The van der Waals surface area contributed by atoms with Crippen molar-refractivity contribution in [2.75, 3.05) is 0 Å². The number of aliphatic carboxylic acids is 1. The number of hydrogen-bond donors (Lipinski definition) is 2. The van der Waals surface area contributed by atoms with E-state index >= 15 is 0 Å². The fourth-order valence-corrected chi connectivity index (χ4v) is 0.539. The summed E-state index contributed by atoms with van der Waals surface area (Å²) in [5, 5.41) is 17.7. The van der Waals surface area contributed by atoms with E-state index in [-0.39, 0.29) is 11.3 Å². The highest BCUT2D eigenvalue weighted by atomic mass is 16.4. The van der Waals surface area contributed by atoms with Crippen LogP contribution < -0.4 is 0 Å². The third-order valence-electron chi connectivity index (χ3n) is 1.29. The molecule has 0 saturated carbocycles. The van der Waals surface area contributed by atoms with E-state index in [1.165, 1.54) is 12.2 Å². The highest BCUT2D eigenvalue weighted by Gasteiger charge is 2.03. The van der Waals surface area contributed by atoms with Gasteiger partial charge in [0.25, 0.3) is 0 Å². The van der Waals surface area contributed by atoms with Crippen molar-refractivity contribution >= 4 is 5.97 Å². The van der Waals surface area contributed by atoms with E-state index in [0.29, 0.717) is 5.57 Å². The van der Waals surface area contributed by atoms with E-state index in [0.717, 1.165) is 0 Å². The largest absolute Gasteiger partial charge is 0.508 e. The molecule has 0 heterocycles. The van der Waals surface area contributed by atoms with Crippen molar-refractivity contribution in [3.05, 3.63) is 35.6 Å². The second kappa shape index (κ2) is 4.38. The van der Waals surface area contributed by atoms with Crippen LogP contribution in [0.5, 0.6) is 0 Å². The van der Waals surface area contributed by atoms with Gasteiger partial charge in [0.1, 0.15) is 5.76 Å². The number of carboxylic acids is 1. The Bertz CT molecular complexity index is 259. The predicted molar refractivity (Wildman–Crippen MR) is 46.9 cm³/mol. The molecule has 0 aliphatic heterocycles. The first-order chi connectivity index (χ1) is 5.49. The van der Waals surface area contributed by atoms with E-state index < -0.39 is 5.97 Å². The zero-order valence-electron chi connectivity index (χ0n) is 7.16. The average molecular weight is 168 g/mol. The maximum absolute atomic E-state index is 10.4. The first kappa shape index (κ1) is 10.5. The van der Waals surface area contributed by atoms with E-state index in [1.807, 2.05) is 0 Å². The highest BCUT2D eigenvalue weighted by molar-refractivity contribution is 5.89. The lowest BCUT2D eigenvalue weighted by Crippen LogP contribution is -1.98. The monoisotopic (exact) mass is 168 g/mol. The summed E-state index contributed by atoms with van der Waals surface area (Å²) in [7, 11) is 0. The van der Waals surface area contributed by atoms with Crippen molar-refractivity contribution in [1.29, 1.82) is 0 Å². The molecule has 0 fully saturated rings. The third kappa shape index (κ3) is 3.05. The molecule has 12 heavy (non-hydrogen) atoms. The number of carbonyl (C=O) groups is 1. The van der Waals surface area contributed by atoms with Crippen molar-refractivity contribution in [1.82, 2.24) is 0 Å². The van der Waals surface area contributed by atoms with E-state index in [4.69, 9.17) is 10.2 Å². The summed E-state index contributed by atoms with van der Waals surface area (Å²) in [6, 6.07) is 0. The van der Waals surface area contributed by atoms with Crippen LogP contribution in [0.2, 0.25) is 0 Å². The molecule has 3 nitrogen and oxygen atoms in total. The predicted octanol–water partition coefficient (Wildman–Crippen LogP) is 2.04. The quantitative estimate of drug-likeness (QED) is 0.385. The number of hydrogen-bond acceptors (Lipinski definition) is 2. The number of allylic oxidation sites excluding steroid dienone is 2. The van der Waals surface area contributed by atoms with Crippen molar-refractivity contribution in [2.45, 2.75) is 13.8 Å². The molecule has 0 aromatic heterocycles. The summed E-state index contributed by atoms with van der Waals surface area (Å²) >= 11 is 0. The Hall–Kier alpha value is -1.51. The Morgan fingerprint density at radius 3 is 2.17 bits per heavy atom. The highest BCUT2D eigenvalue weighted by Crippen LogP contribution is 2.07. The van der Waals surface area contributed by atoms with Gasteiger partial charge in [-0.2, -0.15) is 0 Å². The zero-order chi connectivity index (χ0) is 9.72. The van der Waals surface area contributed by atoms with Crippen LogP contribution in [0.15, 0.2) is 35.6 Å². The molecule has 0 rings (SSSR count). The molecule has 0 radical (unpaired) electrons. The topological polar surface area (TPSA) is 57.5 Å². The molecule has 0 saturated heterocycles. The second-order valence-electron chi connectivity index (χ2n) is 2.36. The van der Waals surface area contributed by atoms with Gasteiger partial charge in [0.05, 0.1) is 5.57 Å². The van der Waals surface area contributed by atoms with Gasteiger partial charge in [-0.05, 0) is 25.5 Å². The second-order valence-corrected chi connectivity index (χ2v) is 2.36. The van der Waals surface area contributed by atoms with Crippen LogP contribution in [-0.4, -0.2) is 16.2 Å². The van der Waals surface area contributed by atoms with Crippen LogP contribution in [0.25, 0.3) is 0 Å². The summed E-state index contributed by atoms with van der Waals surface area (Å²) < 4.78 is 0. The fourth-order valence-electron chi connectivity index (χ4n) is 0.539. The van der Waals surface area contributed by atoms with Gasteiger partial charge in [-0.15, -0.1) is 0 Å². The smallest absolute Gasteiger partial charge is 0.335 e. The minimum Gasteiger partial charge on any atom is -0.508 e. The summed E-state index contributed by atoms with van der Waals surface area (Å²) in [6.45, 7) is 6.65. The molecule has 2 N–H and O–H groups in total. The Morgan fingerprint density at radius 1 is 1.42 bits per heavy atom. The normalized spacial score (nSPS) is 12.8. The minimum absolute atomic E-state index is 0.0514. The molecule has 0 aliphatic carbocycles. The van der Waals surface area contributed by atoms with Crippen LogP contribution in [-0.2, 0) is 4.79 Å². The number of carboxylic acid groups (broad SMARTS) is 1. The minimum atomic E-state index is -1.06. The van der Waals surface area contributed by atoms with Crippen molar-refractivity contribution in [3.63, 3.8) is 0 Å². The number of aliphatic hydroxyl groups excluding tert-OH is 1. The first-order valence-corrected chi connectivity index (χ1v) is 3.45. The Balaban J connectivity index is 4.72. The maximum atomic E-state index is 10.4. The van der Waals surface area contributed by atoms with E-state index in [1.54, 1.807) is 13.8 Å². The van der Waals surface area contributed by atoms with E-state index in [2.05, 4.69) is 6.58 Å². The SMILES string of the molecule is C=C(C)/C(O)=C\C(=C/C)C(=O)O. The summed E-state index contributed by atoms with van der Waals surface area (Å²) in [4.78, 5) is 10.4. The summed E-state index contributed by atoms with van der Waals surface area (Å²) in [5.41, 5.74) is 0.492. The van der Waals surface area contributed by atoms with Crippen LogP contribution in [0, 0.1) is 0 Å². The first-order valence-electron chi connectivity index (χ1n) is 3.45. The molecule has 0 aromatic carbocycles. The van der Waals surface area contributed by atoms with Gasteiger partial charge in [-0.3, -0.25) is 0 Å². The molecule has 0 bridgehead atoms. The Morgan fingerprint density at radius 2 is 1.92 bits per heavy atom. The standard InChI is InChI=1S/C9H12O3/c1-4-7(9(11)12)5-8(10)6(2)3/h4-5,10H,2H2,1,3H3,(H,11,12)/b7-4+,8-5+. The molecule has 66 valence electrons. The van der Waals surface area contributed by atoms with Gasteiger partial charge in [0, 0.05) is 0 Å². The lowest BCUT2D eigenvalue weighted by Gasteiger charge is -1.97. The van der Waals surface area contributed by atoms with E-state index in [9.17, 15) is 4.79 Å². The Kier molecular flexibility index (Phi) is 3.83. The van der Waals surface area contributed by atoms with Crippen molar-refractivity contribution < 1.29 is 15.0 Å². The Labute approximate surface area is 71.3 Å². The van der Waals surface area contributed by atoms with Crippen molar-refractivity contribution in [3.8, 4) is 0 Å². The lowest BCUT2D eigenvalue weighted by molar-refractivity contribution is -0.132. The molecule has 3 heteroatoms. The zero-order valence-corrected chi connectivity index (χ0v) is 7.16. The molecule has 0 unspecified atom stereocenters. The molecule has 0 aliphatic rings. The third-order valence-corrected chi connectivity index (χ3v) is 1.29. The van der Waals surface area contributed by atoms with Gasteiger partial charge >= 0.3 is 5.97 Å². The van der Waals surface area contributed by atoms with Crippen LogP contribution in [0.4, 0.5) is 0 Å². The molecular formula is C9H12O3. The lowest BCUT2D eigenvalue weighted by atomic mass is 10.2. The van der Waals surface area contributed by atoms with Crippen LogP contribution in [0.1, 0.15) is 13.8 Å². The molecule has 0 amide bonds. The maximum Gasteiger partial charge on any atom is 0.335 e. The van der Waals surface area contributed by atoms with Crippen LogP contribution in [0.3, 0.4) is 0 Å². The van der Waals surface area contributed by atoms with Crippen LogP contribution >= 0.6 is 0 Å². The van der Waals surface area contributed by atoms with Gasteiger partial charge in [-0.1, -0.05) is 12.7 Å². The molecule has 0 atom stereocenters. The number of rotatable bonds is 3. The van der Waals surface area contributed by atoms with Crippen molar-refractivity contribution in [2.24, 2.45) is 0 Å². The molecular weight excluding hydrogens is 156 g/mol. The van der Waals surface area contributed by atoms with Gasteiger partial charge < -0.3 is 10.2 Å². The number of aliphatic hydroxyl groups is 1. The average Bonchev–Trinajstić information content (AvgIpc) is 1.98. The molecule has 0 aromatic rings. The summed E-state index contributed by atoms with van der Waals surface area (Å²) in [6.07, 6.45) is 2.58. The van der Waals surface area contributed by atoms with Gasteiger partial charge in [-0.25, -0.2) is 4.79 Å². The summed E-state index contributed by atoms with van der Waals surface area (Å²) in [5.74, 6) is -1.17. The van der Waals surface area contributed by atoms with Gasteiger partial charge in [0.15, 0.2) is 0 Å². The van der Waals surface area contributed by atoms with Gasteiger partial charge in [0.2, 0.25) is 0 Å². The fraction of sp³-hybridized carbons (Fsp3) is 0.222.